The summed E-state index contributed by atoms with van der Waals surface area (Å²) in [5.41, 5.74) is 7.79. The third-order valence-corrected chi connectivity index (χ3v) is 2.55. The first kappa shape index (κ1) is 13.9. The van der Waals surface area contributed by atoms with Crippen molar-refractivity contribution in [3.05, 3.63) is 59.1 Å². The van der Waals surface area contributed by atoms with Gasteiger partial charge in [0.05, 0.1) is 6.21 Å². The molecule has 0 heterocycles. The summed E-state index contributed by atoms with van der Waals surface area (Å²) < 4.78 is 5.67. The molecule has 0 spiro atoms. The van der Waals surface area contributed by atoms with Crippen molar-refractivity contribution in [2.45, 2.75) is 0 Å². The maximum atomic E-state index is 10.5. The minimum Gasteiger partial charge on any atom is -0.457 e. The van der Waals surface area contributed by atoms with Gasteiger partial charge in [0.1, 0.15) is 11.5 Å². The maximum Gasteiger partial charge on any atom is 0.332 e. The lowest BCUT2D eigenvalue weighted by Crippen LogP contribution is -2.24. The fraction of sp³-hybridized carbons (Fsp3) is 0. The Morgan fingerprint density at radius 1 is 1.20 bits per heavy atom. The molecule has 0 radical (unpaired) electrons. The molecule has 2 aromatic rings. The Balaban J connectivity index is 2.07. The van der Waals surface area contributed by atoms with E-state index in [9.17, 15) is 4.79 Å². The average Bonchev–Trinajstić information content (AvgIpc) is 2.41. The van der Waals surface area contributed by atoms with Crippen LogP contribution in [0, 0.1) is 0 Å². The first-order valence-electron chi connectivity index (χ1n) is 5.75. The Morgan fingerprint density at radius 2 is 1.95 bits per heavy atom. The van der Waals surface area contributed by atoms with E-state index in [4.69, 9.17) is 22.1 Å². The van der Waals surface area contributed by atoms with Crippen LogP contribution in [0.25, 0.3) is 0 Å². The van der Waals surface area contributed by atoms with Gasteiger partial charge in [0, 0.05) is 5.02 Å². The van der Waals surface area contributed by atoms with Crippen molar-refractivity contribution < 1.29 is 9.53 Å². The molecular weight excluding hydrogens is 278 g/mol. The number of hydrogen-bond donors (Lipinski definition) is 2. The number of nitrogens with zero attached hydrogens (tertiary/aromatic N) is 1. The molecular formula is C14H12ClN3O2. The normalized spacial score (nSPS) is 10.4. The lowest BCUT2D eigenvalue weighted by atomic mass is 10.2. The Hall–Kier alpha value is -2.53. The zero-order valence-electron chi connectivity index (χ0n) is 10.4. The zero-order valence-corrected chi connectivity index (χ0v) is 11.2. The standard InChI is InChI=1S/C14H12ClN3O2/c15-11-4-6-12(7-5-11)20-13-3-1-2-10(8-13)9-17-18-14(16)19/h1-9H,(H3,16,18,19)/b17-9+. The lowest BCUT2D eigenvalue weighted by Gasteiger charge is -2.06. The van der Waals surface area contributed by atoms with Crippen LogP contribution in [-0.2, 0) is 0 Å². The van der Waals surface area contributed by atoms with E-state index in [1.165, 1.54) is 6.21 Å². The monoisotopic (exact) mass is 289 g/mol. The molecule has 102 valence electrons. The van der Waals surface area contributed by atoms with Crippen LogP contribution in [0.5, 0.6) is 11.5 Å². The number of carbonyl (C=O) groups is 1. The molecule has 0 unspecified atom stereocenters. The van der Waals surface area contributed by atoms with E-state index in [2.05, 4.69) is 10.5 Å². The highest BCUT2D eigenvalue weighted by atomic mass is 35.5. The summed E-state index contributed by atoms with van der Waals surface area (Å²) in [4.78, 5) is 10.5. The number of halogens is 1. The van der Waals surface area contributed by atoms with Crippen LogP contribution in [0.1, 0.15) is 5.56 Å². The van der Waals surface area contributed by atoms with Crippen LogP contribution in [0.15, 0.2) is 53.6 Å². The summed E-state index contributed by atoms with van der Waals surface area (Å²) in [6.45, 7) is 0. The van der Waals surface area contributed by atoms with Crippen molar-refractivity contribution in [2.24, 2.45) is 10.8 Å². The van der Waals surface area contributed by atoms with E-state index in [0.717, 1.165) is 5.56 Å². The molecule has 0 atom stereocenters. The Morgan fingerprint density at radius 3 is 2.65 bits per heavy atom. The number of benzene rings is 2. The Labute approximate surface area is 121 Å². The second-order valence-electron chi connectivity index (χ2n) is 3.86. The fourth-order valence-corrected chi connectivity index (χ4v) is 1.59. The van der Waals surface area contributed by atoms with Crippen LogP contribution in [-0.4, -0.2) is 12.2 Å². The number of amides is 2. The summed E-state index contributed by atoms with van der Waals surface area (Å²) in [7, 11) is 0. The van der Waals surface area contributed by atoms with Crippen molar-refractivity contribution in [3.63, 3.8) is 0 Å². The molecule has 2 amide bonds. The molecule has 0 aliphatic rings. The highest BCUT2D eigenvalue weighted by molar-refractivity contribution is 6.30. The number of ether oxygens (including phenoxy) is 1. The summed E-state index contributed by atoms with van der Waals surface area (Å²) in [5.74, 6) is 1.33. The number of primary amides is 1. The molecule has 6 heteroatoms. The van der Waals surface area contributed by atoms with Crippen molar-refractivity contribution >= 4 is 23.8 Å². The minimum atomic E-state index is -0.713. The van der Waals surface area contributed by atoms with Crippen LogP contribution >= 0.6 is 11.6 Å². The number of rotatable bonds is 4. The van der Waals surface area contributed by atoms with Gasteiger partial charge in [-0.05, 0) is 42.0 Å². The predicted molar refractivity (Wildman–Crippen MR) is 78.3 cm³/mol. The maximum absolute atomic E-state index is 10.5. The van der Waals surface area contributed by atoms with Crippen molar-refractivity contribution in [3.8, 4) is 11.5 Å². The summed E-state index contributed by atoms with van der Waals surface area (Å²) in [6, 6.07) is 13.6. The summed E-state index contributed by atoms with van der Waals surface area (Å²) in [6.07, 6.45) is 1.47. The highest BCUT2D eigenvalue weighted by Crippen LogP contribution is 2.23. The van der Waals surface area contributed by atoms with Gasteiger partial charge < -0.3 is 10.5 Å². The number of hydrogen-bond acceptors (Lipinski definition) is 3. The SMILES string of the molecule is NC(=O)N/N=C/c1cccc(Oc2ccc(Cl)cc2)c1. The molecule has 5 nitrogen and oxygen atoms in total. The largest absolute Gasteiger partial charge is 0.457 e. The van der Waals surface area contributed by atoms with E-state index in [0.29, 0.717) is 16.5 Å². The molecule has 20 heavy (non-hydrogen) atoms. The Kier molecular flexibility index (Phi) is 4.57. The first-order chi connectivity index (χ1) is 9.63. The third kappa shape index (κ3) is 4.29. The van der Waals surface area contributed by atoms with Gasteiger partial charge in [-0.15, -0.1) is 0 Å². The second-order valence-corrected chi connectivity index (χ2v) is 4.30. The highest BCUT2D eigenvalue weighted by Gasteiger charge is 1.98. The molecule has 0 aliphatic heterocycles. The van der Waals surface area contributed by atoms with Gasteiger partial charge in [-0.1, -0.05) is 23.7 Å². The number of nitrogens with two attached hydrogens (primary N) is 1. The molecule has 0 fully saturated rings. The summed E-state index contributed by atoms with van der Waals surface area (Å²) >= 11 is 5.80. The van der Waals surface area contributed by atoms with Gasteiger partial charge in [0.25, 0.3) is 0 Å². The van der Waals surface area contributed by atoms with Gasteiger partial charge in [0.2, 0.25) is 0 Å². The van der Waals surface area contributed by atoms with E-state index in [-0.39, 0.29) is 0 Å². The quantitative estimate of drug-likeness (QED) is 0.670. The van der Waals surface area contributed by atoms with Gasteiger partial charge in [0.15, 0.2) is 0 Å². The molecule has 2 rings (SSSR count). The van der Waals surface area contributed by atoms with Gasteiger partial charge >= 0.3 is 6.03 Å². The third-order valence-electron chi connectivity index (χ3n) is 2.30. The van der Waals surface area contributed by atoms with Gasteiger partial charge in [-0.3, -0.25) is 0 Å². The first-order valence-corrected chi connectivity index (χ1v) is 6.13. The smallest absolute Gasteiger partial charge is 0.332 e. The molecule has 0 aliphatic carbocycles. The van der Waals surface area contributed by atoms with E-state index >= 15 is 0 Å². The van der Waals surface area contributed by atoms with E-state index in [1.54, 1.807) is 30.3 Å². The van der Waals surface area contributed by atoms with E-state index < -0.39 is 6.03 Å². The molecule has 0 saturated heterocycles. The van der Waals surface area contributed by atoms with Crippen LogP contribution < -0.4 is 15.9 Å². The second kappa shape index (κ2) is 6.58. The molecule has 2 aromatic carbocycles. The van der Waals surface area contributed by atoms with Crippen molar-refractivity contribution in [2.75, 3.05) is 0 Å². The lowest BCUT2D eigenvalue weighted by molar-refractivity contribution is 0.249. The molecule has 0 aromatic heterocycles. The fourth-order valence-electron chi connectivity index (χ4n) is 1.47. The molecule has 3 N–H and O–H groups in total. The van der Waals surface area contributed by atoms with E-state index in [1.807, 2.05) is 18.2 Å². The Bertz CT molecular complexity index is 627. The topological polar surface area (TPSA) is 76.7 Å². The zero-order chi connectivity index (χ0) is 14.4. The number of hydrazone groups is 1. The van der Waals surface area contributed by atoms with Crippen molar-refractivity contribution in [1.82, 2.24) is 5.43 Å². The van der Waals surface area contributed by atoms with Crippen LogP contribution in [0.3, 0.4) is 0 Å². The molecule has 0 bridgehead atoms. The van der Waals surface area contributed by atoms with Gasteiger partial charge in [-0.2, -0.15) is 5.10 Å². The number of carbonyl (C=O) groups excluding carboxylic acids is 1. The van der Waals surface area contributed by atoms with Crippen molar-refractivity contribution in [1.29, 1.82) is 0 Å². The van der Waals surface area contributed by atoms with Crippen LogP contribution in [0.4, 0.5) is 4.79 Å². The predicted octanol–water partition coefficient (Wildman–Crippen LogP) is 3.13. The minimum absolute atomic E-state index is 0.648. The van der Waals surface area contributed by atoms with Crippen LogP contribution in [0.2, 0.25) is 5.02 Å². The summed E-state index contributed by atoms with van der Waals surface area (Å²) in [5, 5.41) is 4.33. The van der Waals surface area contributed by atoms with Gasteiger partial charge in [-0.25, -0.2) is 10.2 Å². The molecule has 0 saturated carbocycles. The number of nitrogens with one attached hydrogen (secondary N) is 1. The number of urea groups is 1. The average molecular weight is 290 g/mol.